The Morgan fingerprint density at radius 1 is 1.40 bits per heavy atom. The fraction of sp³-hybridized carbons (Fsp3) is 0.333. The topological polar surface area (TPSA) is 68.0 Å². The second-order valence-electron chi connectivity index (χ2n) is 4.71. The Labute approximate surface area is 123 Å². The molecule has 0 aliphatic heterocycles. The molecule has 1 amide bonds. The summed E-state index contributed by atoms with van der Waals surface area (Å²) in [6.07, 6.45) is 0.733. The molecule has 0 radical (unpaired) electrons. The molecule has 0 fully saturated rings. The van der Waals surface area contributed by atoms with E-state index in [1.807, 2.05) is 18.2 Å². The van der Waals surface area contributed by atoms with Gasteiger partial charge in [0, 0.05) is 23.4 Å². The van der Waals surface area contributed by atoms with Crippen molar-refractivity contribution in [3.63, 3.8) is 0 Å². The average Bonchev–Trinajstić information content (AvgIpc) is 2.80. The van der Waals surface area contributed by atoms with Crippen molar-refractivity contribution in [2.75, 3.05) is 6.54 Å². The number of carbonyl (C=O) groups is 1. The highest BCUT2D eigenvalue weighted by Gasteiger charge is 2.10. The van der Waals surface area contributed by atoms with Crippen LogP contribution < -0.4 is 11.1 Å². The van der Waals surface area contributed by atoms with Crippen LogP contribution in [0.2, 0.25) is 0 Å². The highest BCUT2D eigenvalue weighted by Crippen LogP contribution is 2.27. The van der Waals surface area contributed by atoms with Gasteiger partial charge in [0.25, 0.3) is 0 Å². The van der Waals surface area contributed by atoms with Crippen molar-refractivity contribution in [3.8, 4) is 11.3 Å². The number of thiazole rings is 1. The predicted molar refractivity (Wildman–Crippen MR) is 82.7 cm³/mol. The molecule has 1 heterocycles. The van der Waals surface area contributed by atoms with Crippen LogP contribution in [0.4, 0.5) is 0 Å². The quantitative estimate of drug-likeness (QED) is 0.886. The molecule has 5 heteroatoms. The van der Waals surface area contributed by atoms with Crippen LogP contribution >= 0.6 is 11.3 Å². The first kappa shape index (κ1) is 14.7. The third kappa shape index (κ3) is 3.65. The van der Waals surface area contributed by atoms with Gasteiger partial charge in [0.15, 0.2) is 0 Å². The molecule has 2 aromatic rings. The molecule has 0 saturated carbocycles. The first-order valence-corrected chi connectivity index (χ1v) is 7.44. The Morgan fingerprint density at radius 2 is 2.10 bits per heavy atom. The number of aromatic nitrogens is 1. The van der Waals surface area contributed by atoms with Gasteiger partial charge in [-0.25, -0.2) is 4.98 Å². The largest absolute Gasteiger partial charge is 0.354 e. The molecule has 0 aliphatic carbocycles. The summed E-state index contributed by atoms with van der Waals surface area (Å²) in [5, 5.41) is 3.84. The summed E-state index contributed by atoms with van der Waals surface area (Å²) >= 11 is 1.68. The van der Waals surface area contributed by atoms with Crippen molar-refractivity contribution in [2.45, 2.75) is 26.3 Å². The first-order chi connectivity index (χ1) is 9.58. The van der Waals surface area contributed by atoms with Crippen LogP contribution in [-0.4, -0.2) is 23.5 Å². The number of carbonyl (C=O) groups excluding carboxylic acids is 1. The van der Waals surface area contributed by atoms with Gasteiger partial charge in [-0.1, -0.05) is 30.3 Å². The van der Waals surface area contributed by atoms with Crippen molar-refractivity contribution in [2.24, 2.45) is 5.73 Å². The Kier molecular flexibility index (Phi) is 4.87. The van der Waals surface area contributed by atoms with Gasteiger partial charge in [-0.15, -0.1) is 11.3 Å². The lowest BCUT2D eigenvalue weighted by Crippen LogP contribution is -2.39. The number of nitrogens with one attached hydrogen (secondary N) is 1. The van der Waals surface area contributed by atoms with E-state index in [0.29, 0.717) is 6.54 Å². The first-order valence-electron chi connectivity index (χ1n) is 6.63. The molecule has 0 spiro atoms. The maximum absolute atomic E-state index is 11.4. The zero-order chi connectivity index (χ0) is 14.5. The lowest BCUT2D eigenvalue weighted by atomic mass is 10.1. The summed E-state index contributed by atoms with van der Waals surface area (Å²) in [5.74, 6) is -0.124. The maximum atomic E-state index is 11.4. The molecule has 106 valence electrons. The van der Waals surface area contributed by atoms with Crippen molar-refractivity contribution in [3.05, 3.63) is 40.2 Å². The number of nitrogens with zero attached hydrogens (tertiary/aromatic N) is 1. The molecule has 2 rings (SSSR count). The van der Waals surface area contributed by atoms with Crippen molar-refractivity contribution in [1.29, 1.82) is 0 Å². The molecule has 20 heavy (non-hydrogen) atoms. The molecular formula is C15H19N3OS. The van der Waals surface area contributed by atoms with Crippen LogP contribution in [0.25, 0.3) is 11.3 Å². The minimum absolute atomic E-state index is 0.124. The second-order valence-corrected chi connectivity index (χ2v) is 6.00. The molecule has 0 bridgehead atoms. The van der Waals surface area contributed by atoms with E-state index in [4.69, 9.17) is 5.73 Å². The number of hydrogen-bond acceptors (Lipinski definition) is 4. The molecule has 0 aliphatic rings. The minimum Gasteiger partial charge on any atom is -0.354 e. The summed E-state index contributed by atoms with van der Waals surface area (Å²) in [6.45, 7) is 4.32. The average molecular weight is 289 g/mol. The van der Waals surface area contributed by atoms with Crippen molar-refractivity contribution in [1.82, 2.24) is 10.3 Å². The van der Waals surface area contributed by atoms with Crippen LogP contribution in [0.3, 0.4) is 0 Å². The zero-order valence-electron chi connectivity index (χ0n) is 11.7. The fourth-order valence-electron chi connectivity index (χ4n) is 1.88. The van der Waals surface area contributed by atoms with E-state index in [1.165, 1.54) is 4.88 Å². The summed E-state index contributed by atoms with van der Waals surface area (Å²) in [6, 6.07) is 9.67. The van der Waals surface area contributed by atoms with Gasteiger partial charge >= 0.3 is 0 Å². The molecule has 1 atom stereocenters. The molecule has 3 N–H and O–H groups in total. The Morgan fingerprint density at radius 3 is 2.75 bits per heavy atom. The van der Waals surface area contributed by atoms with Gasteiger partial charge in [0.2, 0.25) is 5.91 Å². The fourth-order valence-corrected chi connectivity index (χ4v) is 2.83. The number of amides is 1. The van der Waals surface area contributed by atoms with Gasteiger partial charge < -0.3 is 11.1 Å². The number of aryl methyl sites for hydroxylation is 1. The monoisotopic (exact) mass is 289 g/mol. The highest BCUT2D eigenvalue weighted by molar-refractivity contribution is 7.12. The third-order valence-corrected chi connectivity index (χ3v) is 3.97. The van der Waals surface area contributed by atoms with Crippen LogP contribution in [0.5, 0.6) is 0 Å². The van der Waals surface area contributed by atoms with E-state index < -0.39 is 6.04 Å². The Hall–Kier alpha value is -1.72. The van der Waals surface area contributed by atoms with E-state index >= 15 is 0 Å². The van der Waals surface area contributed by atoms with Crippen molar-refractivity contribution < 1.29 is 4.79 Å². The van der Waals surface area contributed by atoms with Gasteiger partial charge in [0.05, 0.1) is 16.7 Å². The Balaban J connectivity index is 2.00. The van der Waals surface area contributed by atoms with E-state index in [1.54, 1.807) is 18.3 Å². The maximum Gasteiger partial charge on any atom is 0.236 e. The van der Waals surface area contributed by atoms with Gasteiger partial charge in [-0.3, -0.25) is 4.79 Å². The summed E-state index contributed by atoms with van der Waals surface area (Å²) < 4.78 is 0. The molecule has 1 aromatic carbocycles. The SMILES string of the molecule is Cc1sc(CCNC(=O)C(C)N)nc1-c1ccccc1. The van der Waals surface area contributed by atoms with Crippen LogP contribution in [0.1, 0.15) is 16.8 Å². The standard InChI is InChI=1S/C15H19N3OS/c1-10(16)15(19)17-9-8-13-18-14(11(2)20-13)12-6-4-3-5-7-12/h3-7,10H,8-9,16H2,1-2H3,(H,17,19). The molecule has 1 unspecified atom stereocenters. The normalized spacial score (nSPS) is 12.2. The van der Waals surface area contributed by atoms with E-state index in [0.717, 1.165) is 22.7 Å². The van der Waals surface area contributed by atoms with Crippen LogP contribution in [-0.2, 0) is 11.2 Å². The van der Waals surface area contributed by atoms with Crippen molar-refractivity contribution >= 4 is 17.2 Å². The predicted octanol–water partition coefficient (Wildman–Crippen LogP) is 2.12. The molecule has 1 aromatic heterocycles. The highest BCUT2D eigenvalue weighted by atomic mass is 32.1. The third-order valence-electron chi connectivity index (χ3n) is 2.94. The van der Waals surface area contributed by atoms with E-state index in [2.05, 4.69) is 29.4 Å². The smallest absolute Gasteiger partial charge is 0.236 e. The van der Waals surface area contributed by atoms with Gasteiger partial charge in [-0.2, -0.15) is 0 Å². The summed E-state index contributed by atoms with van der Waals surface area (Å²) in [5.41, 5.74) is 7.66. The number of nitrogens with two attached hydrogens (primary N) is 1. The summed E-state index contributed by atoms with van der Waals surface area (Å²) in [7, 11) is 0. The second kappa shape index (κ2) is 6.63. The minimum atomic E-state index is -0.465. The lowest BCUT2D eigenvalue weighted by Gasteiger charge is -2.05. The zero-order valence-corrected chi connectivity index (χ0v) is 12.5. The lowest BCUT2D eigenvalue weighted by molar-refractivity contribution is -0.121. The van der Waals surface area contributed by atoms with Crippen LogP contribution in [0.15, 0.2) is 30.3 Å². The van der Waals surface area contributed by atoms with Gasteiger partial charge in [-0.05, 0) is 13.8 Å². The summed E-state index contributed by atoms with van der Waals surface area (Å²) in [4.78, 5) is 17.2. The molecule has 0 saturated heterocycles. The Bertz CT molecular complexity index is 578. The van der Waals surface area contributed by atoms with Gasteiger partial charge in [0.1, 0.15) is 0 Å². The van der Waals surface area contributed by atoms with E-state index in [9.17, 15) is 4.79 Å². The molecule has 4 nitrogen and oxygen atoms in total. The number of rotatable bonds is 5. The van der Waals surface area contributed by atoms with E-state index in [-0.39, 0.29) is 5.91 Å². The molecular weight excluding hydrogens is 270 g/mol. The number of benzene rings is 1. The number of hydrogen-bond donors (Lipinski definition) is 2. The van der Waals surface area contributed by atoms with Crippen LogP contribution in [0, 0.1) is 6.92 Å².